The number of allylic oxidation sites excluding steroid dienone is 1. The lowest BCUT2D eigenvalue weighted by atomic mass is 9.49. The van der Waals surface area contributed by atoms with Gasteiger partial charge in [0.2, 0.25) is 0 Å². The molecule has 1 fully saturated rings. The Balaban J connectivity index is 2.28. The molecule has 0 spiro atoms. The summed E-state index contributed by atoms with van der Waals surface area (Å²) < 4.78 is 45.6. The predicted octanol–water partition coefficient (Wildman–Crippen LogP) is 5.01. The Morgan fingerprint density at radius 2 is 1.86 bits per heavy atom. The second kappa shape index (κ2) is 7.58. The topological polar surface area (TPSA) is 62.1 Å². The minimum atomic E-state index is -4.65. The van der Waals surface area contributed by atoms with Gasteiger partial charge in [-0.1, -0.05) is 46.4 Å². The molecule has 0 aliphatic heterocycles. The van der Waals surface area contributed by atoms with Crippen LogP contribution in [0.1, 0.15) is 45.7 Å². The summed E-state index contributed by atoms with van der Waals surface area (Å²) >= 11 is 0. The highest BCUT2D eigenvalue weighted by atomic mass is 19.4. The van der Waals surface area contributed by atoms with Gasteiger partial charge in [-0.3, -0.25) is 4.79 Å². The molecule has 0 atom stereocenters. The van der Waals surface area contributed by atoms with Crippen molar-refractivity contribution in [1.82, 2.24) is 5.32 Å². The molecule has 1 amide bonds. The minimum Gasteiger partial charge on any atom is -0.489 e. The minimum absolute atomic E-state index is 0.0347. The van der Waals surface area contributed by atoms with Crippen LogP contribution in [0.5, 0.6) is 5.75 Å². The molecule has 0 radical (unpaired) electrons. The van der Waals surface area contributed by atoms with E-state index in [0.717, 1.165) is 12.1 Å². The Hall–Kier alpha value is -2.75. The van der Waals surface area contributed by atoms with Crippen LogP contribution in [0.4, 0.5) is 13.2 Å². The van der Waals surface area contributed by atoms with E-state index in [9.17, 15) is 18.0 Å². The Labute approximate surface area is 169 Å². The lowest BCUT2D eigenvalue weighted by Crippen LogP contribution is -2.74. The smallest absolute Gasteiger partial charge is 0.417 e. The van der Waals surface area contributed by atoms with Crippen molar-refractivity contribution < 1.29 is 22.7 Å². The summed E-state index contributed by atoms with van der Waals surface area (Å²) in [6.45, 7) is 12.9. The number of nitrogens with one attached hydrogen (secondary N) is 1. The van der Waals surface area contributed by atoms with Crippen LogP contribution in [0.3, 0.4) is 0 Å². The van der Waals surface area contributed by atoms with Gasteiger partial charge in [-0.05, 0) is 25.1 Å². The van der Waals surface area contributed by atoms with Crippen LogP contribution in [0.2, 0.25) is 0 Å². The molecule has 2 rings (SSSR count). The molecule has 1 aromatic carbocycles. The molecule has 0 aromatic heterocycles. The Morgan fingerprint density at radius 1 is 1.28 bits per heavy atom. The summed E-state index contributed by atoms with van der Waals surface area (Å²) in [7, 11) is 0. The van der Waals surface area contributed by atoms with Crippen molar-refractivity contribution in [3.05, 3.63) is 53.6 Å². The molecule has 0 unspecified atom stereocenters. The van der Waals surface area contributed by atoms with Crippen molar-refractivity contribution in [2.75, 3.05) is 0 Å². The van der Waals surface area contributed by atoms with Gasteiger partial charge in [0, 0.05) is 22.4 Å². The number of rotatable bonds is 5. The van der Waals surface area contributed by atoms with E-state index < -0.39 is 34.2 Å². The monoisotopic (exact) mass is 406 g/mol. The fourth-order valence-corrected chi connectivity index (χ4v) is 4.42. The summed E-state index contributed by atoms with van der Waals surface area (Å²) in [4.78, 5) is 12.4. The van der Waals surface area contributed by atoms with Crippen LogP contribution in [-0.4, -0.2) is 18.1 Å². The van der Waals surface area contributed by atoms with E-state index >= 15 is 0 Å². The average Bonchev–Trinajstić information content (AvgIpc) is 2.63. The van der Waals surface area contributed by atoms with Crippen molar-refractivity contribution in [2.45, 2.75) is 52.9 Å². The number of amides is 1. The molecule has 0 bridgehead atoms. The molecule has 0 saturated heterocycles. The first kappa shape index (κ1) is 22.5. The zero-order valence-electron chi connectivity index (χ0n) is 17.1. The van der Waals surface area contributed by atoms with Crippen LogP contribution in [0.25, 0.3) is 0 Å². The number of hydrogen-bond donors (Lipinski definition) is 1. The molecule has 1 saturated carbocycles. The number of carbonyl (C=O) groups excluding carboxylic acids is 1. The summed E-state index contributed by atoms with van der Waals surface area (Å²) in [6.07, 6.45) is -1.98. The van der Waals surface area contributed by atoms with Gasteiger partial charge in [0.1, 0.15) is 11.9 Å². The maximum atomic E-state index is 13.2. The Kier molecular flexibility index (Phi) is 5.89. The second-order valence-electron chi connectivity index (χ2n) is 8.31. The summed E-state index contributed by atoms with van der Waals surface area (Å²) in [5, 5.41) is 11.9. The van der Waals surface area contributed by atoms with Crippen LogP contribution in [0.15, 0.2) is 42.5 Å². The third kappa shape index (κ3) is 4.02. The maximum absolute atomic E-state index is 13.2. The van der Waals surface area contributed by atoms with Gasteiger partial charge in [0.05, 0.1) is 17.2 Å². The van der Waals surface area contributed by atoms with Gasteiger partial charge < -0.3 is 10.1 Å². The zero-order valence-corrected chi connectivity index (χ0v) is 17.1. The number of hydrogen-bond acceptors (Lipinski definition) is 3. The van der Waals surface area contributed by atoms with Gasteiger partial charge in [-0.25, -0.2) is 0 Å². The Bertz CT molecular complexity index is 876. The number of carbonyl (C=O) groups is 1. The molecule has 1 aliphatic carbocycles. The lowest BCUT2D eigenvalue weighted by molar-refractivity contribution is -0.172. The summed E-state index contributed by atoms with van der Waals surface area (Å²) in [6, 6.07) is 4.62. The molecular formula is C22H25F3N2O2. The van der Waals surface area contributed by atoms with E-state index in [2.05, 4.69) is 11.9 Å². The quantitative estimate of drug-likeness (QED) is 0.552. The van der Waals surface area contributed by atoms with E-state index in [4.69, 9.17) is 10.00 Å². The normalized spacial score (nSPS) is 22.8. The standard InChI is InChI=1S/C22H25F3N2O2/c1-7-13(8-2)17(28)27-18-20(3,4)19(21(18,5)6)29-15-10-9-14(12-26)16(11-15)22(23,24)25/h7-11,18-19H,1H2,2-6H3,(H,27,28)/b13-8+. The largest absolute Gasteiger partial charge is 0.489 e. The van der Waals surface area contributed by atoms with E-state index in [0.29, 0.717) is 5.57 Å². The molecule has 1 N–H and O–H groups in total. The van der Waals surface area contributed by atoms with E-state index in [1.54, 1.807) is 19.1 Å². The number of nitriles is 1. The molecule has 156 valence electrons. The fraction of sp³-hybridized carbons (Fsp3) is 0.455. The van der Waals surface area contributed by atoms with E-state index in [1.807, 2.05) is 27.7 Å². The molecular weight excluding hydrogens is 381 g/mol. The Morgan fingerprint density at radius 3 is 2.31 bits per heavy atom. The van der Waals surface area contributed by atoms with Crippen LogP contribution >= 0.6 is 0 Å². The van der Waals surface area contributed by atoms with Gasteiger partial charge in [0.25, 0.3) is 5.91 Å². The second-order valence-corrected chi connectivity index (χ2v) is 8.31. The number of alkyl halides is 3. The summed E-state index contributed by atoms with van der Waals surface area (Å²) in [5.74, 6) is -0.225. The first-order valence-corrected chi connectivity index (χ1v) is 9.18. The molecule has 1 aromatic rings. The van der Waals surface area contributed by atoms with Gasteiger partial charge >= 0.3 is 6.18 Å². The van der Waals surface area contributed by atoms with Gasteiger partial charge in [0.15, 0.2) is 0 Å². The zero-order chi connectivity index (χ0) is 22.2. The number of nitrogens with zero attached hydrogens (tertiary/aromatic N) is 1. The highest BCUT2D eigenvalue weighted by molar-refractivity contribution is 5.96. The third-order valence-corrected chi connectivity index (χ3v) is 5.58. The molecule has 29 heavy (non-hydrogen) atoms. The van der Waals surface area contributed by atoms with E-state index in [1.165, 1.54) is 12.1 Å². The van der Waals surface area contributed by atoms with Crippen molar-refractivity contribution >= 4 is 5.91 Å². The van der Waals surface area contributed by atoms with Gasteiger partial charge in [-0.15, -0.1) is 0 Å². The van der Waals surface area contributed by atoms with Crippen molar-refractivity contribution in [3.8, 4) is 11.8 Å². The third-order valence-electron chi connectivity index (χ3n) is 5.58. The fourth-order valence-electron chi connectivity index (χ4n) is 4.42. The first-order valence-electron chi connectivity index (χ1n) is 9.18. The van der Waals surface area contributed by atoms with Crippen LogP contribution in [0, 0.1) is 22.2 Å². The van der Waals surface area contributed by atoms with Crippen molar-refractivity contribution in [1.29, 1.82) is 5.26 Å². The van der Waals surface area contributed by atoms with Gasteiger partial charge in [-0.2, -0.15) is 18.4 Å². The molecule has 0 heterocycles. The predicted molar refractivity (Wildman–Crippen MR) is 104 cm³/mol. The highest BCUT2D eigenvalue weighted by Gasteiger charge is 2.64. The van der Waals surface area contributed by atoms with Crippen molar-refractivity contribution in [2.24, 2.45) is 10.8 Å². The van der Waals surface area contributed by atoms with Crippen LogP contribution < -0.4 is 10.1 Å². The van der Waals surface area contributed by atoms with E-state index in [-0.39, 0.29) is 17.7 Å². The maximum Gasteiger partial charge on any atom is 0.417 e. The number of ether oxygens (including phenoxy) is 1. The number of halogens is 3. The number of benzene rings is 1. The summed E-state index contributed by atoms with van der Waals surface area (Å²) in [5.41, 5.74) is -2.11. The molecule has 1 aliphatic rings. The van der Waals surface area contributed by atoms with Crippen LogP contribution in [-0.2, 0) is 11.0 Å². The van der Waals surface area contributed by atoms with Crippen molar-refractivity contribution in [3.63, 3.8) is 0 Å². The highest BCUT2D eigenvalue weighted by Crippen LogP contribution is 2.55. The lowest BCUT2D eigenvalue weighted by Gasteiger charge is -2.63. The SMILES string of the molecule is C=C/C(=C\C)C(=O)NC1C(C)(C)C(Oc2ccc(C#N)c(C(F)(F)F)c2)C1(C)C. The molecule has 4 nitrogen and oxygen atoms in total. The first-order chi connectivity index (χ1) is 13.3. The molecule has 7 heteroatoms. The average molecular weight is 406 g/mol.